The van der Waals surface area contributed by atoms with Crippen molar-refractivity contribution in [3.63, 3.8) is 0 Å². The Morgan fingerprint density at radius 2 is 1.87 bits per heavy atom. The van der Waals surface area contributed by atoms with Gasteiger partial charge in [-0.1, -0.05) is 0 Å². The van der Waals surface area contributed by atoms with Crippen LogP contribution in [0, 0.1) is 12.7 Å². The van der Waals surface area contributed by atoms with E-state index in [1.165, 1.54) is 30.3 Å². The minimum Gasteiger partial charge on any atom is -0.484 e. The second-order valence-corrected chi connectivity index (χ2v) is 6.48. The van der Waals surface area contributed by atoms with Gasteiger partial charge in [-0.25, -0.2) is 12.8 Å². The molecule has 2 rings (SSSR count). The van der Waals surface area contributed by atoms with Crippen molar-refractivity contribution in [2.75, 3.05) is 11.3 Å². The van der Waals surface area contributed by atoms with Gasteiger partial charge in [-0.05, 0) is 55.0 Å². The number of benzene rings is 2. The Labute approximate surface area is 133 Å². The first-order chi connectivity index (χ1) is 10.8. The van der Waals surface area contributed by atoms with Crippen molar-refractivity contribution < 1.29 is 22.3 Å². The molecule has 0 aliphatic carbocycles. The summed E-state index contributed by atoms with van der Waals surface area (Å²) in [6.45, 7) is 1.36. The zero-order valence-electron chi connectivity index (χ0n) is 12.2. The third-order valence-electron chi connectivity index (χ3n) is 2.92. The van der Waals surface area contributed by atoms with Gasteiger partial charge in [0.1, 0.15) is 11.6 Å². The zero-order chi connectivity index (χ0) is 17.0. The van der Waals surface area contributed by atoms with Crippen LogP contribution in [0.5, 0.6) is 5.75 Å². The summed E-state index contributed by atoms with van der Waals surface area (Å²) in [5.74, 6) is -0.719. The molecule has 0 radical (unpaired) electrons. The molecule has 23 heavy (non-hydrogen) atoms. The molecule has 0 aliphatic heterocycles. The van der Waals surface area contributed by atoms with Gasteiger partial charge >= 0.3 is 0 Å². The van der Waals surface area contributed by atoms with Crippen LogP contribution in [-0.2, 0) is 14.8 Å². The number of nitrogens with two attached hydrogens (primary N) is 1. The molecule has 6 nitrogen and oxygen atoms in total. The van der Waals surface area contributed by atoms with Crippen molar-refractivity contribution in [3.8, 4) is 5.75 Å². The van der Waals surface area contributed by atoms with Crippen LogP contribution >= 0.6 is 0 Å². The number of halogens is 1. The van der Waals surface area contributed by atoms with E-state index in [2.05, 4.69) is 4.72 Å². The highest BCUT2D eigenvalue weighted by Crippen LogP contribution is 2.23. The SMILES string of the molecule is Cc1cc(S(=O)(=O)Nc2ccc(F)cc2)ccc1OCC(N)=O. The Hall–Kier alpha value is -2.61. The molecule has 0 saturated heterocycles. The molecule has 0 fully saturated rings. The van der Waals surface area contributed by atoms with Gasteiger partial charge in [0.15, 0.2) is 6.61 Å². The number of sulfonamides is 1. The summed E-state index contributed by atoms with van der Waals surface area (Å²) in [6.07, 6.45) is 0. The minimum atomic E-state index is -3.82. The van der Waals surface area contributed by atoms with E-state index in [-0.39, 0.29) is 17.2 Å². The number of anilines is 1. The first kappa shape index (κ1) is 16.8. The van der Waals surface area contributed by atoms with Gasteiger partial charge in [-0.3, -0.25) is 9.52 Å². The summed E-state index contributed by atoms with van der Waals surface area (Å²) < 4.78 is 45.0. The van der Waals surface area contributed by atoms with Crippen LogP contribution in [0.2, 0.25) is 0 Å². The van der Waals surface area contributed by atoms with Crippen molar-refractivity contribution in [2.24, 2.45) is 5.73 Å². The van der Waals surface area contributed by atoms with Crippen LogP contribution < -0.4 is 15.2 Å². The molecule has 0 aromatic heterocycles. The molecule has 0 spiro atoms. The number of amides is 1. The molecule has 8 heteroatoms. The summed E-state index contributed by atoms with van der Waals surface area (Å²) in [5, 5.41) is 0. The number of aryl methyl sites for hydroxylation is 1. The fourth-order valence-electron chi connectivity index (χ4n) is 1.83. The number of carbonyl (C=O) groups is 1. The monoisotopic (exact) mass is 338 g/mol. The van der Waals surface area contributed by atoms with Crippen molar-refractivity contribution in [3.05, 3.63) is 53.8 Å². The Bertz CT molecular complexity index is 820. The van der Waals surface area contributed by atoms with E-state index >= 15 is 0 Å². The van der Waals surface area contributed by atoms with E-state index in [9.17, 15) is 17.6 Å². The molecule has 2 aromatic carbocycles. The smallest absolute Gasteiger partial charge is 0.261 e. The predicted molar refractivity (Wildman–Crippen MR) is 83.1 cm³/mol. The summed E-state index contributed by atoms with van der Waals surface area (Å²) in [5.41, 5.74) is 5.77. The summed E-state index contributed by atoms with van der Waals surface area (Å²) in [7, 11) is -3.82. The molecule has 122 valence electrons. The quantitative estimate of drug-likeness (QED) is 0.839. The van der Waals surface area contributed by atoms with Crippen LogP contribution in [0.3, 0.4) is 0 Å². The number of hydrogen-bond donors (Lipinski definition) is 2. The summed E-state index contributed by atoms with van der Waals surface area (Å²) >= 11 is 0. The third kappa shape index (κ3) is 4.43. The second-order valence-electron chi connectivity index (χ2n) is 4.79. The van der Waals surface area contributed by atoms with E-state index in [4.69, 9.17) is 10.5 Å². The van der Waals surface area contributed by atoms with Gasteiger partial charge in [-0.15, -0.1) is 0 Å². The fraction of sp³-hybridized carbons (Fsp3) is 0.133. The predicted octanol–water partition coefficient (Wildman–Crippen LogP) is 1.80. The molecular weight excluding hydrogens is 323 g/mol. The first-order valence-corrected chi connectivity index (χ1v) is 8.06. The van der Waals surface area contributed by atoms with E-state index in [0.717, 1.165) is 12.1 Å². The van der Waals surface area contributed by atoms with Crippen molar-refractivity contribution in [1.82, 2.24) is 0 Å². The van der Waals surface area contributed by atoms with E-state index in [1.807, 2.05) is 0 Å². The number of ether oxygens (including phenoxy) is 1. The molecule has 0 aliphatic rings. The lowest BCUT2D eigenvalue weighted by atomic mass is 10.2. The first-order valence-electron chi connectivity index (χ1n) is 6.58. The fourth-order valence-corrected chi connectivity index (χ4v) is 2.98. The highest BCUT2D eigenvalue weighted by Gasteiger charge is 2.16. The van der Waals surface area contributed by atoms with Crippen molar-refractivity contribution in [1.29, 1.82) is 0 Å². The van der Waals surface area contributed by atoms with E-state index in [0.29, 0.717) is 11.3 Å². The maximum absolute atomic E-state index is 12.8. The Morgan fingerprint density at radius 3 is 2.43 bits per heavy atom. The average Bonchev–Trinajstić information content (AvgIpc) is 2.48. The van der Waals surface area contributed by atoms with Crippen LogP contribution in [-0.4, -0.2) is 20.9 Å². The van der Waals surface area contributed by atoms with Gasteiger partial charge in [0, 0.05) is 5.69 Å². The van der Waals surface area contributed by atoms with Gasteiger partial charge in [0.05, 0.1) is 4.90 Å². The Morgan fingerprint density at radius 1 is 1.22 bits per heavy atom. The van der Waals surface area contributed by atoms with Gasteiger partial charge in [0.2, 0.25) is 0 Å². The molecule has 2 aromatic rings. The molecule has 3 N–H and O–H groups in total. The van der Waals surface area contributed by atoms with Crippen LogP contribution in [0.4, 0.5) is 10.1 Å². The lowest BCUT2D eigenvalue weighted by Gasteiger charge is -2.11. The maximum atomic E-state index is 12.8. The van der Waals surface area contributed by atoms with Crippen molar-refractivity contribution >= 4 is 21.6 Å². The van der Waals surface area contributed by atoms with Crippen molar-refractivity contribution in [2.45, 2.75) is 11.8 Å². The molecule has 0 saturated carbocycles. The van der Waals surface area contributed by atoms with Crippen LogP contribution in [0.1, 0.15) is 5.56 Å². The Kier molecular flexibility index (Phi) is 4.85. The average molecular weight is 338 g/mol. The highest BCUT2D eigenvalue weighted by atomic mass is 32.2. The molecule has 0 bridgehead atoms. The maximum Gasteiger partial charge on any atom is 0.261 e. The molecule has 1 amide bonds. The van der Waals surface area contributed by atoms with Gasteiger partial charge in [0.25, 0.3) is 15.9 Å². The topological polar surface area (TPSA) is 98.5 Å². The molecular formula is C15H15FN2O4S. The number of hydrogen-bond acceptors (Lipinski definition) is 4. The summed E-state index contributed by atoms with van der Waals surface area (Å²) in [4.78, 5) is 10.7. The lowest BCUT2D eigenvalue weighted by Crippen LogP contribution is -2.20. The van der Waals surface area contributed by atoms with E-state index in [1.54, 1.807) is 6.92 Å². The van der Waals surface area contributed by atoms with Gasteiger partial charge < -0.3 is 10.5 Å². The largest absolute Gasteiger partial charge is 0.484 e. The van der Waals surface area contributed by atoms with E-state index < -0.39 is 21.7 Å². The number of primary amides is 1. The number of nitrogens with one attached hydrogen (secondary N) is 1. The normalized spacial score (nSPS) is 11.0. The summed E-state index contributed by atoms with van der Waals surface area (Å²) in [6, 6.07) is 9.15. The molecule has 0 unspecified atom stereocenters. The van der Waals surface area contributed by atoms with Crippen LogP contribution in [0.25, 0.3) is 0 Å². The highest BCUT2D eigenvalue weighted by molar-refractivity contribution is 7.92. The number of carbonyl (C=O) groups excluding carboxylic acids is 1. The molecule has 0 heterocycles. The Balaban J connectivity index is 2.21. The third-order valence-corrected chi connectivity index (χ3v) is 4.30. The number of rotatable bonds is 6. The zero-order valence-corrected chi connectivity index (χ0v) is 13.1. The standard InChI is InChI=1S/C15H15FN2O4S/c1-10-8-13(6-7-14(10)22-9-15(17)19)23(20,21)18-12-4-2-11(16)3-5-12/h2-8,18H,9H2,1H3,(H2,17,19). The van der Waals surface area contributed by atoms with Gasteiger partial charge in [-0.2, -0.15) is 0 Å². The second kappa shape index (κ2) is 6.66. The molecule has 0 atom stereocenters. The minimum absolute atomic E-state index is 0.0192. The lowest BCUT2D eigenvalue weighted by molar-refractivity contribution is -0.119. The van der Waals surface area contributed by atoms with Crippen LogP contribution in [0.15, 0.2) is 47.4 Å².